The van der Waals surface area contributed by atoms with Crippen LogP contribution in [0, 0.1) is 11.8 Å². The fourth-order valence-electron chi connectivity index (χ4n) is 5.67. The van der Waals surface area contributed by atoms with Crippen LogP contribution in [-0.2, 0) is 5.41 Å². The number of hydrogen-bond donors (Lipinski definition) is 0. The summed E-state index contributed by atoms with van der Waals surface area (Å²) in [6.07, 6.45) is 0. The van der Waals surface area contributed by atoms with Crippen LogP contribution >= 0.6 is 0 Å². The van der Waals surface area contributed by atoms with Crippen LogP contribution < -0.4 is 0 Å². The van der Waals surface area contributed by atoms with Crippen molar-refractivity contribution in [2.45, 2.75) is 33.1 Å². The SMILES string of the molecule is CC(C)C1(C(C)C)c2cc3ccccc3cc2-c2cc3ccccc3cc21. The number of benzene rings is 4. The topological polar surface area (TPSA) is 0 Å². The van der Waals surface area contributed by atoms with Crippen LogP contribution in [0.15, 0.2) is 72.8 Å². The van der Waals surface area contributed by atoms with Crippen molar-refractivity contribution < 1.29 is 0 Å². The average molecular weight is 351 g/mol. The summed E-state index contributed by atoms with van der Waals surface area (Å²) in [6, 6.07) is 27.3. The molecule has 4 aromatic carbocycles. The Labute approximate surface area is 161 Å². The molecule has 1 aliphatic carbocycles. The summed E-state index contributed by atoms with van der Waals surface area (Å²) in [7, 11) is 0. The average Bonchev–Trinajstić information content (AvgIpc) is 2.94. The van der Waals surface area contributed by atoms with Crippen molar-refractivity contribution in [1.82, 2.24) is 0 Å². The van der Waals surface area contributed by atoms with E-state index in [4.69, 9.17) is 0 Å². The predicted molar refractivity (Wildman–Crippen MR) is 117 cm³/mol. The van der Waals surface area contributed by atoms with Crippen molar-refractivity contribution in [1.29, 1.82) is 0 Å². The smallest absolute Gasteiger partial charge is 0.0261 e. The van der Waals surface area contributed by atoms with E-state index < -0.39 is 0 Å². The molecule has 0 atom stereocenters. The van der Waals surface area contributed by atoms with Crippen LogP contribution in [0.5, 0.6) is 0 Å². The van der Waals surface area contributed by atoms with Gasteiger partial charge in [-0.15, -0.1) is 0 Å². The van der Waals surface area contributed by atoms with Gasteiger partial charge in [-0.2, -0.15) is 0 Å². The van der Waals surface area contributed by atoms with Gasteiger partial charge in [-0.25, -0.2) is 0 Å². The summed E-state index contributed by atoms with van der Waals surface area (Å²) in [6.45, 7) is 9.57. The van der Waals surface area contributed by atoms with Crippen molar-refractivity contribution in [2.24, 2.45) is 11.8 Å². The predicted octanol–water partition coefficient (Wildman–Crippen LogP) is 7.57. The molecule has 0 unspecified atom stereocenters. The minimum Gasteiger partial charge on any atom is -0.0616 e. The summed E-state index contributed by atoms with van der Waals surface area (Å²) in [5, 5.41) is 5.36. The summed E-state index contributed by atoms with van der Waals surface area (Å²) >= 11 is 0. The molecule has 0 amide bonds. The summed E-state index contributed by atoms with van der Waals surface area (Å²) < 4.78 is 0. The Balaban J connectivity index is 1.97. The monoisotopic (exact) mass is 350 g/mol. The van der Waals surface area contributed by atoms with Crippen LogP contribution in [-0.4, -0.2) is 0 Å². The van der Waals surface area contributed by atoms with E-state index in [1.807, 2.05) is 0 Å². The molecule has 0 fully saturated rings. The molecule has 0 N–H and O–H groups in total. The van der Waals surface area contributed by atoms with Crippen molar-refractivity contribution in [2.75, 3.05) is 0 Å². The van der Waals surface area contributed by atoms with Gasteiger partial charge in [0.05, 0.1) is 0 Å². The molecule has 0 saturated heterocycles. The van der Waals surface area contributed by atoms with Crippen LogP contribution in [0.4, 0.5) is 0 Å². The Kier molecular flexibility index (Phi) is 3.49. The molecule has 0 bridgehead atoms. The van der Waals surface area contributed by atoms with E-state index in [0.29, 0.717) is 11.8 Å². The molecule has 27 heavy (non-hydrogen) atoms. The van der Waals surface area contributed by atoms with Gasteiger partial charge in [-0.3, -0.25) is 0 Å². The van der Waals surface area contributed by atoms with Crippen molar-refractivity contribution in [3.63, 3.8) is 0 Å². The van der Waals surface area contributed by atoms with Crippen LogP contribution in [0.3, 0.4) is 0 Å². The van der Waals surface area contributed by atoms with Crippen LogP contribution in [0.2, 0.25) is 0 Å². The molecular formula is C27H26. The number of hydrogen-bond acceptors (Lipinski definition) is 0. The van der Waals surface area contributed by atoms with Crippen LogP contribution in [0.25, 0.3) is 32.7 Å². The molecule has 0 radical (unpaired) electrons. The first-order chi connectivity index (χ1) is 13.0. The lowest BCUT2D eigenvalue weighted by molar-refractivity contribution is 0.280. The highest BCUT2D eigenvalue weighted by atomic mass is 14.5. The van der Waals surface area contributed by atoms with Gasteiger partial charge in [0, 0.05) is 5.41 Å². The summed E-state index contributed by atoms with van der Waals surface area (Å²) in [5.74, 6) is 1.06. The molecule has 0 aromatic heterocycles. The third-order valence-corrected chi connectivity index (χ3v) is 6.77. The maximum atomic E-state index is 2.47. The Morgan fingerprint density at radius 1 is 0.519 bits per heavy atom. The second-order valence-electron chi connectivity index (χ2n) is 8.67. The molecule has 1 aliphatic rings. The fourth-order valence-corrected chi connectivity index (χ4v) is 5.67. The van der Waals surface area contributed by atoms with Gasteiger partial charge in [0.2, 0.25) is 0 Å². The molecular weight excluding hydrogens is 324 g/mol. The molecule has 5 rings (SSSR count). The van der Waals surface area contributed by atoms with Gasteiger partial charge in [0.15, 0.2) is 0 Å². The third kappa shape index (κ3) is 2.10. The van der Waals surface area contributed by atoms with Gasteiger partial charge in [-0.1, -0.05) is 76.2 Å². The molecule has 0 nitrogen and oxygen atoms in total. The fraction of sp³-hybridized carbons (Fsp3) is 0.259. The molecule has 0 saturated carbocycles. The second kappa shape index (κ2) is 5.70. The lowest BCUT2D eigenvalue weighted by Crippen LogP contribution is -2.37. The first-order valence-corrected chi connectivity index (χ1v) is 10.1. The second-order valence-corrected chi connectivity index (χ2v) is 8.67. The molecule has 0 spiro atoms. The molecule has 0 heterocycles. The number of fused-ring (bicyclic) bond motifs is 5. The minimum absolute atomic E-state index is 0.0543. The lowest BCUT2D eigenvalue weighted by atomic mass is 9.62. The van der Waals surface area contributed by atoms with E-state index in [-0.39, 0.29) is 5.41 Å². The van der Waals surface area contributed by atoms with E-state index in [9.17, 15) is 0 Å². The first-order valence-electron chi connectivity index (χ1n) is 10.1. The zero-order valence-electron chi connectivity index (χ0n) is 16.6. The standard InChI is InChI=1S/C27H26/c1-17(2)27(18(3)4)25-15-21-11-7-5-9-19(21)13-23(25)24-14-20-10-6-8-12-22(20)16-26(24)27/h5-18H,1-4H3. The lowest BCUT2D eigenvalue weighted by Gasteiger charge is -2.40. The highest BCUT2D eigenvalue weighted by Crippen LogP contribution is 2.57. The largest absolute Gasteiger partial charge is 0.0616 e. The highest BCUT2D eigenvalue weighted by Gasteiger charge is 2.47. The summed E-state index contributed by atoms with van der Waals surface area (Å²) in [4.78, 5) is 0. The Morgan fingerprint density at radius 3 is 1.19 bits per heavy atom. The number of rotatable bonds is 2. The van der Waals surface area contributed by atoms with E-state index in [1.54, 1.807) is 0 Å². The molecule has 4 aromatic rings. The van der Waals surface area contributed by atoms with E-state index >= 15 is 0 Å². The zero-order valence-corrected chi connectivity index (χ0v) is 16.6. The summed E-state index contributed by atoms with van der Waals surface area (Å²) in [5.41, 5.74) is 5.93. The van der Waals surface area contributed by atoms with E-state index in [2.05, 4.69) is 100 Å². The quantitative estimate of drug-likeness (QED) is 0.350. The van der Waals surface area contributed by atoms with Gasteiger partial charge in [-0.05, 0) is 79.9 Å². The third-order valence-electron chi connectivity index (χ3n) is 6.77. The van der Waals surface area contributed by atoms with Crippen LogP contribution in [0.1, 0.15) is 38.8 Å². The van der Waals surface area contributed by atoms with Crippen molar-refractivity contribution in [3.8, 4) is 11.1 Å². The molecule has 134 valence electrons. The van der Waals surface area contributed by atoms with Crippen molar-refractivity contribution >= 4 is 21.5 Å². The zero-order chi connectivity index (χ0) is 18.8. The van der Waals surface area contributed by atoms with Gasteiger partial charge in [0.25, 0.3) is 0 Å². The van der Waals surface area contributed by atoms with Gasteiger partial charge in [0.1, 0.15) is 0 Å². The van der Waals surface area contributed by atoms with Crippen molar-refractivity contribution in [3.05, 3.63) is 83.9 Å². The Morgan fingerprint density at radius 2 is 0.852 bits per heavy atom. The minimum atomic E-state index is 0.0543. The molecule has 0 heteroatoms. The van der Waals surface area contributed by atoms with E-state index in [1.165, 1.54) is 43.8 Å². The Hall–Kier alpha value is -2.60. The van der Waals surface area contributed by atoms with Gasteiger partial charge < -0.3 is 0 Å². The normalized spacial score (nSPS) is 14.9. The first kappa shape index (κ1) is 16.6. The highest BCUT2D eigenvalue weighted by molar-refractivity contribution is 5.98. The van der Waals surface area contributed by atoms with E-state index in [0.717, 1.165) is 0 Å². The Bertz CT molecular complexity index is 1080. The van der Waals surface area contributed by atoms with Gasteiger partial charge >= 0.3 is 0 Å². The maximum absolute atomic E-state index is 2.47. The molecule has 0 aliphatic heterocycles. The maximum Gasteiger partial charge on any atom is 0.0261 e.